The molecular formula is C18H12N2O5. The third kappa shape index (κ3) is 2.46. The van der Waals surface area contributed by atoms with E-state index in [9.17, 15) is 19.7 Å². The smallest absolute Gasteiger partial charge is 0.349 e. The van der Waals surface area contributed by atoms with Crippen LogP contribution < -0.4 is 10.5 Å². The molecule has 2 aromatic carbocycles. The Morgan fingerprint density at radius 2 is 1.96 bits per heavy atom. The standard InChI is InChI=1S/C18H12N2O5/c21-17(19-8-7-11-3-1-2-4-15(11)19)14-10-12-9-13(20(23)24)5-6-16(12)25-18(14)22/h1-6,9-10H,7-8H2. The number of hydrogen-bond donors (Lipinski definition) is 0. The van der Waals surface area contributed by atoms with E-state index in [0.29, 0.717) is 18.4 Å². The number of anilines is 1. The van der Waals surface area contributed by atoms with E-state index in [0.717, 1.165) is 11.3 Å². The largest absolute Gasteiger partial charge is 0.422 e. The highest BCUT2D eigenvalue weighted by atomic mass is 16.6. The van der Waals surface area contributed by atoms with Crippen molar-refractivity contribution < 1.29 is 14.1 Å². The third-order valence-corrected chi connectivity index (χ3v) is 4.29. The predicted molar refractivity (Wildman–Crippen MR) is 91.0 cm³/mol. The summed E-state index contributed by atoms with van der Waals surface area (Å²) in [6.07, 6.45) is 0.715. The number of nitro benzene ring substituents is 1. The molecule has 1 aromatic heterocycles. The molecule has 0 atom stereocenters. The maximum absolute atomic E-state index is 12.8. The third-order valence-electron chi connectivity index (χ3n) is 4.29. The molecule has 0 aliphatic carbocycles. The molecule has 0 unspecified atom stereocenters. The highest BCUT2D eigenvalue weighted by Crippen LogP contribution is 2.29. The Hall–Kier alpha value is -3.48. The molecule has 0 spiro atoms. The van der Waals surface area contributed by atoms with Crippen LogP contribution in [0.25, 0.3) is 11.0 Å². The summed E-state index contributed by atoms with van der Waals surface area (Å²) in [5, 5.41) is 11.3. The summed E-state index contributed by atoms with van der Waals surface area (Å²) in [6, 6.07) is 12.7. The van der Waals surface area contributed by atoms with Crippen LogP contribution >= 0.6 is 0 Å². The number of nitro groups is 1. The zero-order valence-corrected chi connectivity index (χ0v) is 13.0. The lowest BCUT2D eigenvalue weighted by molar-refractivity contribution is -0.384. The highest BCUT2D eigenvalue weighted by molar-refractivity contribution is 6.08. The Kier molecular flexibility index (Phi) is 3.35. The van der Waals surface area contributed by atoms with Crippen LogP contribution in [0.3, 0.4) is 0 Å². The fourth-order valence-electron chi connectivity index (χ4n) is 3.07. The molecule has 0 radical (unpaired) electrons. The van der Waals surface area contributed by atoms with Crippen LogP contribution in [-0.2, 0) is 6.42 Å². The van der Waals surface area contributed by atoms with Crippen LogP contribution in [0.4, 0.5) is 11.4 Å². The molecule has 0 N–H and O–H groups in total. The van der Waals surface area contributed by atoms with Gasteiger partial charge in [0.15, 0.2) is 0 Å². The quantitative estimate of drug-likeness (QED) is 0.407. The number of non-ortho nitro benzene ring substituents is 1. The molecule has 7 nitrogen and oxygen atoms in total. The number of para-hydroxylation sites is 1. The minimum atomic E-state index is -0.754. The van der Waals surface area contributed by atoms with Gasteiger partial charge < -0.3 is 9.32 Å². The summed E-state index contributed by atoms with van der Waals surface area (Å²) in [7, 11) is 0. The second kappa shape index (κ2) is 5.55. The van der Waals surface area contributed by atoms with E-state index in [-0.39, 0.29) is 16.8 Å². The van der Waals surface area contributed by atoms with Gasteiger partial charge in [0.1, 0.15) is 11.1 Å². The molecule has 4 rings (SSSR count). The van der Waals surface area contributed by atoms with Crippen LogP contribution in [0, 0.1) is 10.1 Å². The van der Waals surface area contributed by atoms with Gasteiger partial charge in [0.25, 0.3) is 11.6 Å². The molecule has 0 saturated heterocycles. The van der Waals surface area contributed by atoms with Crippen molar-refractivity contribution in [3.05, 3.63) is 80.2 Å². The number of carbonyl (C=O) groups is 1. The van der Waals surface area contributed by atoms with Gasteiger partial charge in [0.05, 0.1) is 4.92 Å². The van der Waals surface area contributed by atoms with Gasteiger partial charge in [-0.3, -0.25) is 14.9 Å². The van der Waals surface area contributed by atoms with Crippen molar-refractivity contribution >= 4 is 28.3 Å². The average molecular weight is 336 g/mol. The van der Waals surface area contributed by atoms with Crippen molar-refractivity contribution in [1.82, 2.24) is 0 Å². The number of amides is 1. The van der Waals surface area contributed by atoms with Crippen LogP contribution in [0.1, 0.15) is 15.9 Å². The van der Waals surface area contributed by atoms with Crippen molar-refractivity contribution in [3.63, 3.8) is 0 Å². The van der Waals surface area contributed by atoms with Gasteiger partial charge >= 0.3 is 5.63 Å². The molecule has 25 heavy (non-hydrogen) atoms. The molecule has 1 amide bonds. The summed E-state index contributed by atoms with van der Waals surface area (Å²) in [4.78, 5) is 36.9. The zero-order chi connectivity index (χ0) is 17.6. The number of hydrogen-bond acceptors (Lipinski definition) is 5. The lowest BCUT2D eigenvalue weighted by atomic mass is 10.1. The number of fused-ring (bicyclic) bond motifs is 2. The van der Waals surface area contributed by atoms with E-state index in [1.165, 1.54) is 29.2 Å². The van der Waals surface area contributed by atoms with Gasteiger partial charge in [0, 0.05) is 29.8 Å². The summed E-state index contributed by atoms with van der Waals surface area (Å²) in [5.41, 5.74) is 0.989. The second-order valence-electron chi connectivity index (χ2n) is 5.76. The first-order chi connectivity index (χ1) is 12.0. The Morgan fingerprint density at radius 3 is 2.76 bits per heavy atom. The number of nitrogens with zero attached hydrogens (tertiary/aromatic N) is 2. The molecule has 1 aliphatic rings. The lowest BCUT2D eigenvalue weighted by Gasteiger charge is -2.16. The van der Waals surface area contributed by atoms with Crippen molar-refractivity contribution in [3.8, 4) is 0 Å². The Balaban J connectivity index is 1.81. The maximum Gasteiger partial charge on any atom is 0.349 e. The average Bonchev–Trinajstić information content (AvgIpc) is 3.04. The summed E-state index contributed by atoms with van der Waals surface area (Å²) < 4.78 is 5.17. The fourth-order valence-corrected chi connectivity index (χ4v) is 3.07. The monoisotopic (exact) mass is 336 g/mol. The van der Waals surface area contributed by atoms with Gasteiger partial charge in [-0.05, 0) is 30.2 Å². The Bertz CT molecular complexity index is 1090. The van der Waals surface area contributed by atoms with Crippen molar-refractivity contribution in [1.29, 1.82) is 0 Å². The van der Waals surface area contributed by atoms with E-state index in [4.69, 9.17) is 4.42 Å². The predicted octanol–water partition coefficient (Wildman–Crippen LogP) is 2.90. The molecule has 124 valence electrons. The molecule has 0 bridgehead atoms. The number of carbonyl (C=O) groups excluding carboxylic acids is 1. The summed E-state index contributed by atoms with van der Waals surface area (Å²) >= 11 is 0. The summed E-state index contributed by atoms with van der Waals surface area (Å²) in [5.74, 6) is -0.466. The van der Waals surface area contributed by atoms with Crippen LogP contribution in [0.2, 0.25) is 0 Å². The molecular weight excluding hydrogens is 324 g/mol. The van der Waals surface area contributed by atoms with Crippen molar-refractivity contribution in [2.24, 2.45) is 0 Å². The summed E-state index contributed by atoms with van der Waals surface area (Å²) in [6.45, 7) is 0.477. The molecule has 0 saturated carbocycles. The maximum atomic E-state index is 12.8. The van der Waals surface area contributed by atoms with Crippen LogP contribution in [-0.4, -0.2) is 17.4 Å². The van der Waals surface area contributed by atoms with Gasteiger partial charge in [-0.15, -0.1) is 0 Å². The first kappa shape index (κ1) is 15.1. The van der Waals surface area contributed by atoms with Crippen molar-refractivity contribution in [2.75, 3.05) is 11.4 Å². The first-order valence-corrected chi connectivity index (χ1v) is 7.66. The fraction of sp³-hybridized carbons (Fsp3) is 0.111. The van der Waals surface area contributed by atoms with Crippen LogP contribution in [0.15, 0.2) is 57.7 Å². The molecule has 7 heteroatoms. The lowest BCUT2D eigenvalue weighted by Crippen LogP contribution is -2.32. The topological polar surface area (TPSA) is 93.7 Å². The molecule has 0 fully saturated rings. The van der Waals surface area contributed by atoms with Gasteiger partial charge in [0.2, 0.25) is 0 Å². The normalized spacial score (nSPS) is 13.0. The van der Waals surface area contributed by atoms with Crippen molar-refractivity contribution in [2.45, 2.75) is 6.42 Å². The minimum Gasteiger partial charge on any atom is -0.422 e. The Morgan fingerprint density at radius 1 is 1.16 bits per heavy atom. The van der Waals surface area contributed by atoms with Gasteiger partial charge in [-0.25, -0.2) is 4.79 Å². The zero-order valence-electron chi connectivity index (χ0n) is 13.0. The number of benzene rings is 2. The van der Waals surface area contributed by atoms with E-state index in [2.05, 4.69) is 0 Å². The molecule has 1 aliphatic heterocycles. The molecule has 3 aromatic rings. The van der Waals surface area contributed by atoms with Gasteiger partial charge in [-0.1, -0.05) is 18.2 Å². The minimum absolute atomic E-state index is 0.133. The van der Waals surface area contributed by atoms with Gasteiger partial charge in [-0.2, -0.15) is 0 Å². The highest BCUT2D eigenvalue weighted by Gasteiger charge is 2.27. The second-order valence-corrected chi connectivity index (χ2v) is 5.76. The van der Waals surface area contributed by atoms with E-state index in [1.54, 1.807) is 0 Å². The Labute approximate surface area is 141 Å². The first-order valence-electron chi connectivity index (χ1n) is 7.66. The van der Waals surface area contributed by atoms with E-state index in [1.807, 2.05) is 24.3 Å². The van der Waals surface area contributed by atoms with E-state index < -0.39 is 16.5 Å². The molecule has 2 heterocycles. The number of rotatable bonds is 2. The SMILES string of the molecule is O=C(c1cc2cc([N+](=O)[O-])ccc2oc1=O)N1CCc2ccccc21. The van der Waals surface area contributed by atoms with Crippen LogP contribution in [0.5, 0.6) is 0 Å². The van der Waals surface area contributed by atoms with E-state index >= 15 is 0 Å².